The van der Waals surface area contributed by atoms with E-state index in [9.17, 15) is 10.1 Å². The summed E-state index contributed by atoms with van der Waals surface area (Å²) in [7, 11) is 0. The molecule has 110 valence electrons. The van der Waals surface area contributed by atoms with Crippen LogP contribution in [0.2, 0.25) is 0 Å². The minimum Gasteiger partial charge on any atom is -0.381 e. The van der Waals surface area contributed by atoms with Crippen molar-refractivity contribution in [2.45, 2.75) is 25.8 Å². The SMILES string of the molecule is CC(CCc1ccccc1)Nc1cc([N+](=O)[O-])ccc1Br. The molecule has 0 radical (unpaired) electrons. The lowest BCUT2D eigenvalue weighted by atomic mass is 10.1. The lowest BCUT2D eigenvalue weighted by molar-refractivity contribution is -0.384. The second-order valence-electron chi connectivity index (χ2n) is 4.99. The molecular formula is C16H17BrN2O2. The summed E-state index contributed by atoms with van der Waals surface area (Å²) in [6.07, 6.45) is 1.93. The predicted octanol–water partition coefficient (Wildman–Crippen LogP) is 4.79. The molecule has 0 amide bonds. The fourth-order valence-corrected chi connectivity index (χ4v) is 2.46. The number of nitro groups is 1. The fourth-order valence-electron chi connectivity index (χ4n) is 2.10. The van der Waals surface area contributed by atoms with Gasteiger partial charge in [0.15, 0.2) is 0 Å². The van der Waals surface area contributed by atoms with Gasteiger partial charge >= 0.3 is 0 Å². The van der Waals surface area contributed by atoms with Crippen LogP contribution in [0.1, 0.15) is 18.9 Å². The van der Waals surface area contributed by atoms with E-state index in [0.29, 0.717) is 0 Å². The van der Waals surface area contributed by atoms with Gasteiger partial charge in [-0.3, -0.25) is 10.1 Å². The first-order valence-corrected chi connectivity index (χ1v) is 7.60. The molecule has 0 saturated carbocycles. The highest BCUT2D eigenvalue weighted by molar-refractivity contribution is 9.10. The second-order valence-corrected chi connectivity index (χ2v) is 5.85. The molecule has 5 heteroatoms. The number of hydrogen-bond donors (Lipinski definition) is 1. The number of rotatable bonds is 6. The van der Waals surface area contributed by atoms with Crippen molar-refractivity contribution >= 4 is 27.3 Å². The maximum absolute atomic E-state index is 10.8. The summed E-state index contributed by atoms with van der Waals surface area (Å²) in [5.41, 5.74) is 2.14. The Hall–Kier alpha value is -1.88. The van der Waals surface area contributed by atoms with Crippen molar-refractivity contribution in [2.75, 3.05) is 5.32 Å². The smallest absolute Gasteiger partial charge is 0.271 e. The van der Waals surface area contributed by atoms with Gasteiger partial charge in [-0.2, -0.15) is 0 Å². The van der Waals surface area contributed by atoms with Crippen molar-refractivity contribution in [2.24, 2.45) is 0 Å². The standard InChI is InChI=1S/C16H17BrN2O2/c1-12(7-8-13-5-3-2-4-6-13)18-16-11-14(19(20)21)9-10-15(16)17/h2-6,9-12,18H,7-8H2,1H3. The summed E-state index contributed by atoms with van der Waals surface area (Å²) in [5, 5.41) is 14.1. The Morgan fingerprint density at radius 3 is 2.62 bits per heavy atom. The molecule has 0 aromatic heterocycles. The summed E-state index contributed by atoms with van der Waals surface area (Å²) in [4.78, 5) is 10.4. The Kier molecular flexibility index (Phi) is 5.33. The topological polar surface area (TPSA) is 55.2 Å². The highest BCUT2D eigenvalue weighted by Crippen LogP contribution is 2.28. The average Bonchev–Trinajstić information content (AvgIpc) is 2.48. The number of hydrogen-bond acceptors (Lipinski definition) is 3. The van der Waals surface area contributed by atoms with Crippen LogP contribution >= 0.6 is 15.9 Å². The quantitative estimate of drug-likeness (QED) is 0.603. The molecule has 1 N–H and O–H groups in total. The summed E-state index contributed by atoms with van der Waals surface area (Å²) in [6.45, 7) is 2.08. The minimum absolute atomic E-state index is 0.0935. The van der Waals surface area contributed by atoms with E-state index in [-0.39, 0.29) is 16.7 Å². The fraction of sp³-hybridized carbons (Fsp3) is 0.250. The van der Waals surface area contributed by atoms with Gasteiger partial charge in [0.1, 0.15) is 0 Å². The average molecular weight is 349 g/mol. The Bertz CT molecular complexity index is 617. The third-order valence-electron chi connectivity index (χ3n) is 3.27. The molecule has 1 unspecified atom stereocenters. The van der Waals surface area contributed by atoms with E-state index < -0.39 is 0 Å². The zero-order valence-electron chi connectivity index (χ0n) is 11.8. The number of nitro benzene ring substituents is 1. The summed E-state index contributed by atoms with van der Waals surface area (Å²) in [5.74, 6) is 0. The van der Waals surface area contributed by atoms with E-state index in [4.69, 9.17) is 0 Å². The largest absolute Gasteiger partial charge is 0.381 e. The van der Waals surface area contributed by atoms with Gasteiger partial charge in [0.2, 0.25) is 0 Å². The van der Waals surface area contributed by atoms with E-state index in [1.165, 1.54) is 11.6 Å². The molecule has 0 aliphatic heterocycles. The van der Waals surface area contributed by atoms with E-state index in [0.717, 1.165) is 23.0 Å². The van der Waals surface area contributed by atoms with Crippen LogP contribution in [0.15, 0.2) is 53.0 Å². The molecule has 21 heavy (non-hydrogen) atoms. The maximum atomic E-state index is 10.8. The van der Waals surface area contributed by atoms with Gasteiger partial charge in [0.25, 0.3) is 5.69 Å². The zero-order chi connectivity index (χ0) is 15.2. The number of aryl methyl sites for hydroxylation is 1. The first-order chi connectivity index (χ1) is 10.1. The number of halogens is 1. The molecule has 1 atom stereocenters. The van der Waals surface area contributed by atoms with Crippen molar-refractivity contribution < 1.29 is 4.92 Å². The highest BCUT2D eigenvalue weighted by Gasteiger charge is 2.11. The van der Waals surface area contributed by atoms with E-state index in [1.807, 2.05) is 18.2 Å². The second kappa shape index (κ2) is 7.22. The van der Waals surface area contributed by atoms with Crippen molar-refractivity contribution in [3.63, 3.8) is 0 Å². The lowest BCUT2D eigenvalue weighted by Gasteiger charge is -2.16. The molecule has 0 saturated heterocycles. The van der Waals surface area contributed by atoms with Crippen LogP contribution in [0.3, 0.4) is 0 Å². The molecule has 0 fully saturated rings. The van der Waals surface area contributed by atoms with Gasteiger partial charge in [0, 0.05) is 22.6 Å². The van der Waals surface area contributed by atoms with Gasteiger partial charge in [-0.25, -0.2) is 0 Å². The molecule has 2 rings (SSSR count). The lowest BCUT2D eigenvalue weighted by Crippen LogP contribution is -2.16. The van der Waals surface area contributed by atoms with Crippen LogP contribution in [-0.2, 0) is 6.42 Å². The Labute approximate surface area is 132 Å². The van der Waals surface area contributed by atoms with Gasteiger partial charge in [-0.1, -0.05) is 30.3 Å². The Balaban J connectivity index is 1.97. The number of benzene rings is 2. The van der Waals surface area contributed by atoms with Crippen LogP contribution in [0.5, 0.6) is 0 Å². The van der Waals surface area contributed by atoms with Crippen molar-refractivity contribution in [3.8, 4) is 0 Å². The van der Waals surface area contributed by atoms with Crippen LogP contribution in [0.25, 0.3) is 0 Å². The number of nitrogens with zero attached hydrogens (tertiary/aromatic N) is 1. The molecule has 0 spiro atoms. The zero-order valence-corrected chi connectivity index (χ0v) is 13.3. The van der Waals surface area contributed by atoms with Crippen molar-refractivity contribution in [1.82, 2.24) is 0 Å². The molecular weight excluding hydrogens is 332 g/mol. The molecule has 0 aliphatic carbocycles. The molecule has 0 heterocycles. The van der Waals surface area contributed by atoms with Crippen LogP contribution < -0.4 is 5.32 Å². The van der Waals surface area contributed by atoms with Crippen LogP contribution in [-0.4, -0.2) is 11.0 Å². The van der Waals surface area contributed by atoms with Gasteiger partial charge in [-0.05, 0) is 47.3 Å². The maximum Gasteiger partial charge on any atom is 0.271 e. The molecule has 0 aliphatic rings. The van der Waals surface area contributed by atoms with Crippen molar-refractivity contribution in [1.29, 1.82) is 0 Å². The molecule has 2 aromatic rings. The van der Waals surface area contributed by atoms with Crippen molar-refractivity contribution in [3.05, 3.63) is 68.7 Å². The first kappa shape index (κ1) is 15.5. The van der Waals surface area contributed by atoms with E-state index in [1.54, 1.807) is 12.1 Å². The highest BCUT2D eigenvalue weighted by atomic mass is 79.9. The minimum atomic E-state index is -0.383. The van der Waals surface area contributed by atoms with Crippen LogP contribution in [0.4, 0.5) is 11.4 Å². The molecule has 4 nitrogen and oxygen atoms in total. The van der Waals surface area contributed by atoms with E-state index >= 15 is 0 Å². The molecule has 0 bridgehead atoms. The Morgan fingerprint density at radius 1 is 1.24 bits per heavy atom. The third-order valence-corrected chi connectivity index (χ3v) is 3.96. The monoisotopic (exact) mass is 348 g/mol. The van der Waals surface area contributed by atoms with Gasteiger partial charge in [-0.15, -0.1) is 0 Å². The summed E-state index contributed by atoms with van der Waals surface area (Å²) >= 11 is 3.42. The van der Waals surface area contributed by atoms with Gasteiger partial charge in [0.05, 0.1) is 10.6 Å². The van der Waals surface area contributed by atoms with Gasteiger partial charge < -0.3 is 5.32 Å². The normalized spacial score (nSPS) is 11.9. The van der Waals surface area contributed by atoms with E-state index in [2.05, 4.69) is 40.3 Å². The third kappa shape index (κ3) is 4.56. The first-order valence-electron chi connectivity index (χ1n) is 6.80. The van der Waals surface area contributed by atoms with Crippen LogP contribution in [0, 0.1) is 10.1 Å². The number of anilines is 1. The Morgan fingerprint density at radius 2 is 1.95 bits per heavy atom. The number of non-ortho nitro benzene ring substituents is 1. The predicted molar refractivity (Wildman–Crippen MR) is 88.6 cm³/mol. The molecule has 2 aromatic carbocycles. The summed E-state index contributed by atoms with van der Waals surface area (Å²) in [6, 6.07) is 15.3. The summed E-state index contributed by atoms with van der Waals surface area (Å²) < 4.78 is 0.833. The number of nitrogens with one attached hydrogen (secondary N) is 1.